The summed E-state index contributed by atoms with van der Waals surface area (Å²) in [5, 5.41) is 0.451. The monoisotopic (exact) mass is 254 g/mol. The maximum Gasteiger partial charge on any atom is 0.0316 e. The van der Waals surface area contributed by atoms with E-state index in [-0.39, 0.29) is 0 Å². The third kappa shape index (κ3) is 3.05. The van der Waals surface area contributed by atoms with Gasteiger partial charge in [-0.3, -0.25) is 0 Å². The Bertz CT molecular complexity index is 528. The maximum absolute atomic E-state index is 4.05. The number of thioether (sulfide) groups is 1. The molecule has 0 amide bonds. The van der Waals surface area contributed by atoms with Crippen LogP contribution in [0, 0.1) is 0 Å². The number of hydrogen-bond acceptors (Lipinski definition) is 1. The zero-order chi connectivity index (χ0) is 13.0. The highest BCUT2D eigenvalue weighted by Gasteiger charge is 2.10. The fourth-order valence-corrected chi connectivity index (χ4v) is 3.11. The molecule has 1 unspecified atom stereocenters. The fourth-order valence-electron chi connectivity index (χ4n) is 1.90. The van der Waals surface area contributed by atoms with Gasteiger partial charge in [0.15, 0.2) is 0 Å². The van der Waals surface area contributed by atoms with Crippen LogP contribution in [-0.4, -0.2) is 0 Å². The standard InChI is InChI=1S/C17H18S/c1-13(2)16-11-7-8-12-17(16)18-14(3)15-9-5-4-6-10-15/h4-12,14H,1H2,2-3H3. The van der Waals surface area contributed by atoms with Crippen molar-refractivity contribution < 1.29 is 0 Å². The topological polar surface area (TPSA) is 0 Å². The summed E-state index contributed by atoms with van der Waals surface area (Å²) in [6.45, 7) is 8.36. The molecule has 0 radical (unpaired) electrons. The number of allylic oxidation sites excluding steroid dienone is 1. The van der Waals surface area contributed by atoms with E-state index in [1.54, 1.807) is 0 Å². The lowest BCUT2D eigenvalue weighted by molar-refractivity contribution is 1.09. The average Bonchev–Trinajstić information content (AvgIpc) is 2.40. The van der Waals surface area contributed by atoms with Gasteiger partial charge in [-0.1, -0.05) is 55.1 Å². The molecule has 2 rings (SSSR count). The lowest BCUT2D eigenvalue weighted by Gasteiger charge is -2.14. The van der Waals surface area contributed by atoms with Crippen molar-refractivity contribution in [3.8, 4) is 0 Å². The second-order valence-electron chi connectivity index (χ2n) is 4.45. The summed E-state index contributed by atoms with van der Waals surface area (Å²) in [5.74, 6) is 0. The van der Waals surface area contributed by atoms with Gasteiger partial charge in [0.25, 0.3) is 0 Å². The molecular weight excluding hydrogens is 236 g/mol. The third-order valence-electron chi connectivity index (χ3n) is 2.92. The Morgan fingerprint density at radius 3 is 2.28 bits per heavy atom. The van der Waals surface area contributed by atoms with E-state index in [0.717, 1.165) is 5.57 Å². The fraction of sp³-hybridized carbons (Fsp3) is 0.176. The molecule has 18 heavy (non-hydrogen) atoms. The van der Waals surface area contributed by atoms with Crippen LogP contribution in [-0.2, 0) is 0 Å². The lowest BCUT2D eigenvalue weighted by atomic mass is 10.1. The van der Waals surface area contributed by atoms with Gasteiger partial charge < -0.3 is 0 Å². The van der Waals surface area contributed by atoms with Crippen LogP contribution in [0.5, 0.6) is 0 Å². The first-order chi connectivity index (χ1) is 8.68. The van der Waals surface area contributed by atoms with Crippen LogP contribution in [0.3, 0.4) is 0 Å². The van der Waals surface area contributed by atoms with Crippen LogP contribution in [0.1, 0.15) is 30.2 Å². The first-order valence-electron chi connectivity index (χ1n) is 6.15. The molecule has 92 valence electrons. The van der Waals surface area contributed by atoms with Gasteiger partial charge in [0.2, 0.25) is 0 Å². The van der Waals surface area contributed by atoms with Crippen molar-refractivity contribution in [1.29, 1.82) is 0 Å². The van der Waals surface area contributed by atoms with E-state index >= 15 is 0 Å². The predicted molar refractivity (Wildman–Crippen MR) is 81.9 cm³/mol. The largest absolute Gasteiger partial charge is 0.118 e. The van der Waals surface area contributed by atoms with Crippen molar-refractivity contribution in [3.63, 3.8) is 0 Å². The van der Waals surface area contributed by atoms with Gasteiger partial charge in [-0.05, 0) is 36.6 Å². The highest BCUT2D eigenvalue weighted by Crippen LogP contribution is 2.37. The molecule has 0 fully saturated rings. The van der Waals surface area contributed by atoms with E-state index in [9.17, 15) is 0 Å². The van der Waals surface area contributed by atoms with Gasteiger partial charge in [0.1, 0.15) is 0 Å². The summed E-state index contributed by atoms with van der Waals surface area (Å²) in [6.07, 6.45) is 0. The van der Waals surface area contributed by atoms with Crippen LogP contribution in [0.4, 0.5) is 0 Å². The van der Waals surface area contributed by atoms with Gasteiger partial charge in [0, 0.05) is 10.1 Å². The number of rotatable bonds is 4. The molecule has 0 heterocycles. The summed E-state index contributed by atoms with van der Waals surface area (Å²) < 4.78 is 0. The Balaban J connectivity index is 2.22. The molecule has 0 nitrogen and oxygen atoms in total. The molecule has 0 saturated carbocycles. The second kappa shape index (κ2) is 5.92. The molecular formula is C17H18S. The van der Waals surface area contributed by atoms with Crippen LogP contribution in [0.25, 0.3) is 5.57 Å². The minimum atomic E-state index is 0.451. The first kappa shape index (κ1) is 13.0. The Kier molecular flexibility index (Phi) is 4.27. The van der Waals surface area contributed by atoms with Gasteiger partial charge in [0.05, 0.1) is 0 Å². The Morgan fingerprint density at radius 1 is 1.00 bits per heavy atom. The SMILES string of the molecule is C=C(C)c1ccccc1SC(C)c1ccccc1. The summed E-state index contributed by atoms with van der Waals surface area (Å²) >= 11 is 1.89. The molecule has 1 heteroatoms. The van der Waals surface area contributed by atoms with Gasteiger partial charge in [-0.25, -0.2) is 0 Å². The molecule has 0 aliphatic carbocycles. The Labute approximate surface area is 114 Å². The summed E-state index contributed by atoms with van der Waals surface area (Å²) in [7, 11) is 0. The summed E-state index contributed by atoms with van der Waals surface area (Å²) in [5.41, 5.74) is 3.74. The molecule has 0 spiro atoms. The molecule has 2 aromatic carbocycles. The van der Waals surface area contributed by atoms with E-state index in [4.69, 9.17) is 0 Å². The summed E-state index contributed by atoms with van der Waals surface area (Å²) in [4.78, 5) is 1.31. The highest BCUT2D eigenvalue weighted by molar-refractivity contribution is 7.99. The zero-order valence-corrected chi connectivity index (χ0v) is 11.7. The number of hydrogen-bond donors (Lipinski definition) is 0. The molecule has 0 saturated heterocycles. The molecule has 2 aromatic rings. The van der Waals surface area contributed by atoms with Crippen molar-refractivity contribution in [3.05, 3.63) is 72.3 Å². The zero-order valence-electron chi connectivity index (χ0n) is 10.9. The van der Waals surface area contributed by atoms with Crippen LogP contribution >= 0.6 is 11.8 Å². The molecule has 0 aliphatic rings. The van der Waals surface area contributed by atoms with E-state index in [2.05, 4.69) is 75.0 Å². The van der Waals surface area contributed by atoms with Crippen LogP contribution in [0.15, 0.2) is 66.1 Å². The van der Waals surface area contributed by atoms with E-state index in [0.29, 0.717) is 5.25 Å². The third-order valence-corrected chi connectivity index (χ3v) is 4.16. The smallest absolute Gasteiger partial charge is 0.0316 e. The maximum atomic E-state index is 4.05. The first-order valence-corrected chi connectivity index (χ1v) is 7.03. The van der Waals surface area contributed by atoms with E-state index in [1.165, 1.54) is 16.0 Å². The van der Waals surface area contributed by atoms with Crippen LogP contribution < -0.4 is 0 Å². The minimum absolute atomic E-state index is 0.451. The van der Waals surface area contributed by atoms with Crippen molar-refractivity contribution in [2.75, 3.05) is 0 Å². The molecule has 0 N–H and O–H groups in total. The van der Waals surface area contributed by atoms with Gasteiger partial charge >= 0.3 is 0 Å². The Morgan fingerprint density at radius 2 is 1.61 bits per heavy atom. The predicted octanol–water partition coefficient (Wildman–Crippen LogP) is 5.57. The average molecular weight is 254 g/mol. The number of benzene rings is 2. The van der Waals surface area contributed by atoms with E-state index in [1.807, 2.05) is 11.8 Å². The quantitative estimate of drug-likeness (QED) is 0.642. The van der Waals surface area contributed by atoms with Crippen molar-refractivity contribution in [2.45, 2.75) is 24.0 Å². The minimum Gasteiger partial charge on any atom is -0.118 e. The van der Waals surface area contributed by atoms with Crippen molar-refractivity contribution in [1.82, 2.24) is 0 Å². The highest BCUT2D eigenvalue weighted by atomic mass is 32.2. The molecule has 0 aliphatic heterocycles. The Hall–Kier alpha value is -1.47. The molecule has 0 bridgehead atoms. The lowest BCUT2D eigenvalue weighted by Crippen LogP contribution is -1.90. The molecule has 1 atom stereocenters. The molecule has 0 aromatic heterocycles. The van der Waals surface area contributed by atoms with Gasteiger partial charge in [-0.2, -0.15) is 0 Å². The summed E-state index contributed by atoms with van der Waals surface area (Å²) in [6, 6.07) is 19.1. The normalized spacial score (nSPS) is 12.1. The van der Waals surface area contributed by atoms with E-state index < -0.39 is 0 Å². The van der Waals surface area contributed by atoms with Crippen LogP contribution in [0.2, 0.25) is 0 Å². The van der Waals surface area contributed by atoms with Crippen molar-refractivity contribution in [2.24, 2.45) is 0 Å². The van der Waals surface area contributed by atoms with Gasteiger partial charge in [-0.15, -0.1) is 11.8 Å². The second-order valence-corrected chi connectivity index (χ2v) is 5.83. The van der Waals surface area contributed by atoms with Crippen molar-refractivity contribution >= 4 is 17.3 Å².